The van der Waals surface area contributed by atoms with Crippen molar-refractivity contribution in [3.63, 3.8) is 0 Å². The van der Waals surface area contributed by atoms with E-state index in [4.69, 9.17) is 10.5 Å². The predicted octanol–water partition coefficient (Wildman–Crippen LogP) is 2.26. The zero-order valence-electron chi connectivity index (χ0n) is 8.74. The highest BCUT2D eigenvalue weighted by Gasteiger charge is 2.21. The molecular formula is C11H15BrN2O. The van der Waals surface area contributed by atoms with Crippen molar-refractivity contribution in [3.05, 3.63) is 22.7 Å². The molecule has 0 radical (unpaired) electrons. The third-order valence-corrected chi connectivity index (χ3v) is 3.32. The standard InChI is InChI=1S/C11H15BrN2O/c1-14(9-4-5-15-7-9)11-3-2-8(12)6-10(11)13/h2-3,6,9H,4-5,7,13H2,1H3. The van der Waals surface area contributed by atoms with Crippen LogP contribution < -0.4 is 10.6 Å². The van der Waals surface area contributed by atoms with Gasteiger partial charge in [0, 0.05) is 18.1 Å². The van der Waals surface area contributed by atoms with Gasteiger partial charge in [-0.25, -0.2) is 0 Å². The minimum absolute atomic E-state index is 0.452. The molecule has 0 amide bonds. The summed E-state index contributed by atoms with van der Waals surface area (Å²) in [4.78, 5) is 2.20. The smallest absolute Gasteiger partial charge is 0.0670 e. The van der Waals surface area contributed by atoms with Crippen LogP contribution in [0.1, 0.15) is 6.42 Å². The molecule has 1 atom stereocenters. The Morgan fingerprint density at radius 1 is 1.53 bits per heavy atom. The molecule has 2 N–H and O–H groups in total. The Labute approximate surface area is 98.3 Å². The van der Waals surface area contributed by atoms with E-state index in [1.54, 1.807) is 0 Å². The molecule has 1 heterocycles. The summed E-state index contributed by atoms with van der Waals surface area (Å²) < 4.78 is 6.39. The van der Waals surface area contributed by atoms with E-state index >= 15 is 0 Å². The molecule has 2 rings (SSSR count). The van der Waals surface area contributed by atoms with Gasteiger partial charge >= 0.3 is 0 Å². The van der Waals surface area contributed by atoms with Crippen molar-refractivity contribution < 1.29 is 4.74 Å². The van der Waals surface area contributed by atoms with Gasteiger partial charge in [-0.05, 0) is 24.6 Å². The zero-order valence-corrected chi connectivity index (χ0v) is 10.3. The summed E-state index contributed by atoms with van der Waals surface area (Å²) in [5.74, 6) is 0. The van der Waals surface area contributed by atoms with Crippen molar-refractivity contribution >= 4 is 27.3 Å². The van der Waals surface area contributed by atoms with E-state index in [0.717, 1.165) is 35.5 Å². The van der Waals surface area contributed by atoms with Crippen LogP contribution in [0, 0.1) is 0 Å². The summed E-state index contributed by atoms with van der Waals surface area (Å²) in [6.07, 6.45) is 1.08. The molecule has 1 aromatic carbocycles. The fraction of sp³-hybridized carbons (Fsp3) is 0.455. The quantitative estimate of drug-likeness (QED) is 0.838. The fourth-order valence-corrected chi connectivity index (χ4v) is 2.25. The molecule has 15 heavy (non-hydrogen) atoms. The number of ether oxygens (including phenoxy) is 1. The van der Waals surface area contributed by atoms with Gasteiger partial charge in [-0.3, -0.25) is 0 Å². The van der Waals surface area contributed by atoms with Crippen molar-refractivity contribution in [2.24, 2.45) is 0 Å². The third-order valence-electron chi connectivity index (χ3n) is 2.82. The number of hydrogen-bond acceptors (Lipinski definition) is 3. The largest absolute Gasteiger partial charge is 0.397 e. The van der Waals surface area contributed by atoms with E-state index < -0.39 is 0 Å². The molecule has 3 nitrogen and oxygen atoms in total. The highest BCUT2D eigenvalue weighted by molar-refractivity contribution is 9.10. The number of anilines is 2. The SMILES string of the molecule is CN(c1ccc(Br)cc1N)C1CCOC1. The predicted molar refractivity (Wildman–Crippen MR) is 66.2 cm³/mol. The van der Waals surface area contributed by atoms with Gasteiger partial charge < -0.3 is 15.4 Å². The number of hydrogen-bond donors (Lipinski definition) is 1. The summed E-state index contributed by atoms with van der Waals surface area (Å²) in [5, 5.41) is 0. The molecule has 4 heteroatoms. The van der Waals surface area contributed by atoms with E-state index in [2.05, 4.69) is 27.9 Å². The number of rotatable bonds is 2. The zero-order chi connectivity index (χ0) is 10.8. The minimum Gasteiger partial charge on any atom is -0.397 e. The van der Waals surface area contributed by atoms with Gasteiger partial charge in [-0.1, -0.05) is 15.9 Å². The monoisotopic (exact) mass is 270 g/mol. The van der Waals surface area contributed by atoms with Crippen LogP contribution in [-0.2, 0) is 4.74 Å². The van der Waals surface area contributed by atoms with Crippen molar-refractivity contribution in [2.75, 3.05) is 30.9 Å². The van der Waals surface area contributed by atoms with E-state index in [-0.39, 0.29) is 0 Å². The number of likely N-dealkylation sites (N-methyl/N-ethyl adjacent to an activating group) is 1. The van der Waals surface area contributed by atoms with Gasteiger partial charge in [-0.2, -0.15) is 0 Å². The lowest BCUT2D eigenvalue weighted by Crippen LogP contribution is -2.32. The molecule has 1 aliphatic heterocycles. The lowest BCUT2D eigenvalue weighted by Gasteiger charge is -2.26. The summed E-state index contributed by atoms with van der Waals surface area (Å²) >= 11 is 3.41. The van der Waals surface area contributed by atoms with Crippen molar-refractivity contribution in [1.82, 2.24) is 0 Å². The van der Waals surface area contributed by atoms with Crippen LogP contribution in [0.25, 0.3) is 0 Å². The highest BCUT2D eigenvalue weighted by atomic mass is 79.9. The number of nitrogens with zero attached hydrogens (tertiary/aromatic N) is 1. The van der Waals surface area contributed by atoms with Crippen molar-refractivity contribution in [2.45, 2.75) is 12.5 Å². The molecular weight excluding hydrogens is 256 g/mol. The summed E-state index contributed by atoms with van der Waals surface area (Å²) in [6, 6.07) is 6.44. The number of nitrogens with two attached hydrogens (primary N) is 1. The molecule has 0 spiro atoms. The molecule has 1 unspecified atom stereocenters. The summed E-state index contributed by atoms with van der Waals surface area (Å²) in [6.45, 7) is 1.65. The molecule has 0 aliphatic carbocycles. The van der Waals surface area contributed by atoms with E-state index in [9.17, 15) is 0 Å². The molecule has 0 saturated carbocycles. The molecule has 0 aromatic heterocycles. The van der Waals surface area contributed by atoms with Gasteiger partial charge in [0.25, 0.3) is 0 Å². The van der Waals surface area contributed by atoms with Crippen molar-refractivity contribution in [1.29, 1.82) is 0 Å². The van der Waals surface area contributed by atoms with Crippen LogP contribution in [0.5, 0.6) is 0 Å². The Morgan fingerprint density at radius 3 is 2.93 bits per heavy atom. The second kappa shape index (κ2) is 4.41. The Bertz CT molecular complexity index is 350. The first kappa shape index (κ1) is 10.8. The lowest BCUT2D eigenvalue weighted by molar-refractivity contribution is 0.193. The molecule has 1 fully saturated rings. The first-order valence-electron chi connectivity index (χ1n) is 5.04. The number of halogens is 1. The molecule has 1 saturated heterocycles. The van der Waals surface area contributed by atoms with Crippen LogP contribution in [0.4, 0.5) is 11.4 Å². The Hall–Kier alpha value is -0.740. The topological polar surface area (TPSA) is 38.5 Å². The van der Waals surface area contributed by atoms with E-state index in [1.165, 1.54) is 0 Å². The second-order valence-electron chi connectivity index (χ2n) is 3.83. The maximum Gasteiger partial charge on any atom is 0.0670 e. The van der Waals surface area contributed by atoms with Crippen LogP contribution in [0.15, 0.2) is 22.7 Å². The van der Waals surface area contributed by atoms with E-state index in [1.807, 2.05) is 18.2 Å². The first-order chi connectivity index (χ1) is 7.18. The molecule has 82 valence electrons. The average Bonchev–Trinajstić information content (AvgIpc) is 2.69. The normalized spacial score (nSPS) is 20.5. The van der Waals surface area contributed by atoms with Gasteiger partial charge in [0.05, 0.1) is 24.0 Å². The van der Waals surface area contributed by atoms with Gasteiger partial charge in [0.2, 0.25) is 0 Å². The highest BCUT2D eigenvalue weighted by Crippen LogP contribution is 2.28. The van der Waals surface area contributed by atoms with Crippen LogP contribution in [0.3, 0.4) is 0 Å². The van der Waals surface area contributed by atoms with Crippen LogP contribution in [-0.4, -0.2) is 26.3 Å². The summed E-state index contributed by atoms with van der Waals surface area (Å²) in [7, 11) is 2.07. The Morgan fingerprint density at radius 2 is 2.33 bits per heavy atom. The van der Waals surface area contributed by atoms with Gasteiger partial charge in [0.15, 0.2) is 0 Å². The van der Waals surface area contributed by atoms with Crippen molar-refractivity contribution in [3.8, 4) is 0 Å². The number of nitrogen functional groups attached to an aromatic ring is 1. The molecule has 1 aromatic rings. The average molecular weight is 271 g/mol. The Kier molecular flexibility index (Phi) is 3.17. The summed E-state index contributed by atoms with van der Waals surface area (Å²) in [5.41, 5.74) is 7.86. The maximum absolute atomic E-state index is 5.98. The molecule has 0 bridgehead atoms. The van der Waals surface area contributed by atoms with Gasteiger partial charge in [-0.15, -0.1) is 0 Å². The fourth-order valence-electron chi connectivity index (χ4n) is 1.87. The molecule has 1 aliphatic rings. The third kappa shape index (κ3) is 2.26. The van der Waals surface area contributed by atoms with Crippen LogP contribution in [0.2, 0.25) is 0 Å². The minimum atomic E-state index is 0.452. The number of benzene rings is 1. The Balaban J connectivity index is 2.20. The van der Waals surface area contributed by atoms with E-state index in [0.29, 0.717) is 6.04 Å². The second-order valence-corrected chi connectivity index (χ2v) is 4.75. The van der Waals surface area contributed by atoms with Gasteiger partial charge in [0.1, 0.15) is 0 Å². The van der Waals surface area contributed by atoms with Crippen LogP contribution >= 0.6 is 15.9 Å². The lowest BCUT2D eigenvalue weighted by atomic mass is 10.2. The first-order valence-corrected chi connectivity index (χ1v) is 5.83. The maximum atomic E-state index is 5.98.